The number of halogens is 3. The molecule has 0 aromatic heterocycles. The highest BCUT2D eigenvalue weighted by Gasteiger charge is 2.10. The molecule has 0 atom stereocenters. The van der Waals surface area contributed by atoms with Crippen LogP contribution in [0.5, 0.6) is 0 Å². The largest absolute Gasteiger partial charge is 0.397 e. The van der Waals surface area contributed by atoms with Crippen LogP contribution in [0.4, 0.5) is 15.8 Å². The number of amides is 1. The van der Waals surface area contributed by atoms with Gasteiger partial charge in [0.15, 0.2) is 0 Å². The zero-order chi connectivity index (χ0) is 14.0. The van der Waals surface area contributed by atoms with E-state index in [-0.39, 0.29) is 11.6 Å². The Labute approximate surface area is 128 Å². The van der Waals surface area contributed by atoms with Crippen LogP contribution < -0.4 is 11.1 Å². The Kier molecular flexibility index (Phi) is 4.26. The van der Waals surface area contributed by atoms with Gasteiger partial charge in [-0.25, -0.2) is 4.39 Å². The predicted octanol–water partition coefficient (Wildman–Crippen LogP) is 3.92. The molecule has 0 aliphatic carbocycles. The highest BCUT2D eigenvalue weighted by atomic mass is 127. The summed E-state index contributed by atoms with van der Waals surface area (Å²) in [7, 11) is 0. The molecule has 0 unspecified atom stereocenters. The van der Waals surface area contributed by atoms with Gasteiger partial charge in [0, 0.05) is 9.13 Å². The van der Waals surface area contributed by atoms with E-state index in [1.54, 1.807) is 18.2 Å². The van der Waals surface area contributed by atoms with Crippen molar-refractivity contribution in [2.24, 2.45) is 0 Å². The zero-order valence-corrected chi connectivity index (χ0v) is 12.5. The summed E-state index contributed by atoms with van der Waals surface area (Å²) in [5, 5.41) is 3.11. The fourth-order valence-corrected chi connectivity index (χ4v) is 2.00. The molecule has 3 nitrogen and oxygen atoms in total. The van der Waals surface area contributed by atoms with Crippen LogP contribution in [-0.4, -0.2) is 5.91 Å². The second-order valence-corrected chi connectivity index (χ2v) is 5.38. The fraction of sp³-hybridized carbons (Fsp3) is 0. The first-order valence-corrected chi connectivity index (χ1v) is 6.74. The van der Waals surface area contributed by atoms with Crippen molar-refractivity contribution in [3.63, 3.8) is 0 Å². The molecule has 1 amide bonds. The van der Waals surface area contributed by atoms with Gasteiger partial charge in [-0.05, 0) is 59.0 Å². The summed E-state index contributed by atoms with van der Waals surface area (Å²) >= 11 is 8.02. The molecule has 6 heteroatoms. The molecule has 0 spiro atoms. The van der Waals surface area contributed by atoms with Gasteiger partial charge in [0.05, 0.1) is 16.4 Å². The molecule has 98 valence electrons. The molecule has 0 bridgehead atoms. The first-order chi connectivity index (χ1) is 8.97. The van der Waals surface area contributed by atoms with Gasteiger partial charge in [-0.1, -0.05) is 11.6 Å². The normalized spacial score (nSPS) is 10.3. The Bertz CT molecular complexity index is 649. The molecule has 2 aromatic rings. The molecular weight excluding hydrogens is 382 g/mol. The Morgan fingerprint density at radius 1 is 1.26 bits per heavy atom. The van der Waals surface area contributed by atoms with Crippen LogP contribution in [0.3, 0.4) is 0 Å². The molecule has 2 aromatic carbocycles. The van der Waals surface area contributed by atoms with Crippen molar-refractivity contribution in [3.05, 3.63) is 56.4 Å². The lowest BCUT2D eigenvalue weighted by Crippen LogP contribution is -2.13. The maximum atomic E-state index is 12.9. The smallest absolute Gasteiger partial charge is 0.255 e. The van der Waals surface area contributed by atoms with Gasteiger partial charge in [0.1, 0.15) is 5.82 Å². The van der Waals surface area contributed by atoms with E-state index in [9.17, 15) is 9.18 Å². The third-order valence-electron chi connectivity index (χ3n) is 2.44. The van der Waals surface area contributed by atoms with Crippen LogP contribution in [0.2, 0.25) is 5.02 Å². The molecule has 0 aliphatic heterocycles. The maximum Gasteiger partial charge on any atom is 0.255 e. The molecule has 0 saturated heterocycles. The molecule has 0 fully saturated rings. The molecule has 0 radical (unpaired) electrons. The lowest BCUT2D eigenvalue weighted by Gasteiger charge is -2.08. The van der Waals surface area contributed by atoms with Gasteiger partial charge in [-0.2, -0.15) is 0 Å². The van der Waals surface area contributed by atoms with E-state index < -0.39 is 5.82 Å². The van der Waals surface area contributed by atoms with E-state index >= 15 is 0 Å². The molecule has 3 N–H and O–H groups in total. The number of hydrogen-bond acceptors (Lipinski definition) is 2. The first-order valence-electron chi connectivity index (χ1n) is 5.29. The first kappa shape index (κ1) is 14.1. The van der Waals surface area contributed by atoms with Crippen molar-refractivity contribution >= 4 is 51.5 Å². The Morgan fingerprint density at radius 2 is 2.00 bits per heavy atom. The van der Waals surface area contributed by atoms with E-state index in [0.29, 0.717) is 16.3 Å². The minimum atomic E-state index is -0.451. The quantitative estimate of drug-likeness (QED) is 0.603. The Hall–Kier alpha value is -1.34. The number of nitrogen functional groups attached to an aromatic ring is 1. The summed E-state index contributed by atoms with van der Waals surface area (Å²) in [6.07, 6.45) is 0. The van der Waals surface area contributed by atoms with E-state index in [1.807, 2.05) is 0 Å². The number of anilines is 2. The minimum absolute atomic E-state index is 0.171. The highest BCUT2D eigenvalue weighted by Crippen LogP contribution is 2.22. The number of carbonyl (C=O) groups excluding carboxylic acids is 1. The molecular formula is C13H9ClFIN2O. The van der Waals surface area contributed by atoms with E-state index in [1.165, 1.54) is 12.1 Å². The summed E-state index contributed by atoms with van der Waals surface area (Å²) in [5.74, 6) is -0.801. The van der Waals surface area contributed by atoms with Gasteiger partial charge < -0.3 is 11.1 Å². The number of benzene rings is 2. The number of nitrogens with one attached hydrogen (secondary N) is 1. The molecule has 0 saturated carbocycles. The van der Waals surface area contributed by atoms with Crippen LogP contribution in [0.15, 0.2) is 36.4 Å². The summed E-state index contributed by atoms with van der Waals surface area (Å²) < 4.78 is 13.8. The zero-order valence-electron chi connectivity index (χ0n) is 9.58. The topological polar surface area (TPSA) is 55.1 Å². The van der Waals surface area contributed by atoms with Crippen LogP contribution >= 0.6 is 34.2 Å². The predicted molar refractivity (Wildman–Crippen MR) is 82.9 cm³/mol. The van der Waals surface area contributed by atoms with Gasteiger partial charge in [0.2, 0.25) is 0 Å². The van der Waals surface area contributed by atoms with Crippen molar-refractivity contribution in [2.75, 3.05) is 11.1 Å². The van der Waals surface area contributed by atoms with Crippen molar-refractivity contribution in [1.29, 1.82) is 0 Å². The van der Waals surface area contributed by atoms with E-state index in [4.69, 9.17) is 17.3 Å². The summed E-state index contributed by atoms with van der Waals surface area (Å²) in [5.41, 5.74) is 6.56. The second kappa shape index (κ2) is 5.75. The third-order valence-corrected chi connectivity index (χ3v) is 4.02. The van der Waals surface area contributed by atoms with Crippen molar-refractivity contribution in [1.82, 2.24) is 0 Å². The molecule has 2 rings (SSSR count). The summed E-state index contributed by atoms with van der Waals surface area (Å²) in [6, 6.07) is 8.76. The monoisotopic (exact) mass is 390 g/mol. The summed E-state index contributed by atoms with van der Waals surface area (Å²) in [6.45, 7) is 0. The lowest BCUT2D eigenvalue weighted by molar-refractivity contribution is 0.102. The molecule has 0 aliphatic rings. The van der Waals surface area contributed by atoms with Crippen molar-refractivity contribution in [3.8, 4) is 0 Å². The van der Waals surface area contributed by atoms with Crippen molar-refractivity contribution < 1.29 is 9.18 Å². The standard InChI is InChI=1S/C13H9ClFIN2O/c14-9-5-7(1-3-10(9)16)13(19)18-12-4-2-8(15)6-11(12)17/h1-6H,17H2,(H,18,19). The average molecular weight is 391 g/mol. The van der Waals surface area contributed by atoms with Gasteiger partial charge in [-0.3, -0.25) is 4.79 Å². The van der Waals surface area contributed by atoms with Crippen LogP contribution in [-0.2, 0) is 0 Å². The van der Waals surface area contributed by atoms with Crippen LogP contribution in [0, 0.1) is 9.39 Å². The Balaban J connectivity index is 2.23. The number of hydrogen-bond donors (Lipinski definition) is 2. The molecule has 19 heavy (non-hydrogen) atoms. The highest BCUT2D eigenvalue weighted by molar-refractivity contribution is 14.1. The molecule has 0 heterocycles. The van der Waals surface area contributed by atoms with Gasteiger partial charge >= 0.3 is 0 Å². The van der Waals surface area contributed by atoms with Gasteiger partial charge in [0.25, 0.3) is 5.91 Å². The van der Waals surface area contributed by atoms with Crippen LogP contribution in [0.1, 0.15) is 10.4 Å². The summed E-state index contributed by atoms with van der Waals surface area (Å²) in [4.78, 5) is 12.0. The maximum absolute atomic E-state index is 12.9. The lowest BCUT2D eigenvalue weighted by atomic mass is 10.2. The SMILES string of the molecule is Nc1cc(F)ccc1NC(=O)c1ccc(I)c(Cl)c1. The second-order valence-electron chi connectivity index (χ2n) is 3.81. The Morgan fingerprint density at radius 3 is 2.63 bits per heavy atom. The van der Waals surface area contributed by atoms with Gasteiger partial charge in [-0.15, -0.1) is 0 Å². The number of carbonyl (C=O) groups is 1. The number of nitrogens with two attached hydrogens (primary N) is 1. The van der Waals surface area contributed by atoms with Crippen LogP contribution in [0.25, 0.3) is 0 Å². The number of rotatable bonds is 2. The minimum Gasteiger partial charge on any atom is -0.397 e. The average Bonchev–Trinajstić information content (AvgIpc) is 2.36. The van der Waals surface area contributed by atoms with E-state index in [0.717, 1.165) is 9.64 Å². The fourth-order valence-electron chi connectivity index (χ4n) is 1.48. The van der Waals surface area contributed by atoms with Crippen molar-refractivity contribution in [2.45, 2.75) is 0 Å². The third kappa shape index (κ3) is 3.36. The van der Waals surface area contributed by atoms with E-state index in [2.05, 4.69) is 27.9 Å².